The van der Waals surface area contributed by atoms with Crippen molar-refractivity contribution < 1.29 is 9.53 Å². The molecule has 2 unspecified atom stereocenters. The van der Waals surface area contributed by atoms with E-state index in [-0.39, 0.29) is 5.41 Å². The molecule has 4 nitrogen and oxygen atoms in total. The Morgan fingerprint density at radius 1 is 1.28 bits per heavy atom. The Kier molecular flexibility index (Phi) is 6.13. The van der Waals surface area contributed by atoms with Crippen molar-refractivity contribution >= 4 is 5.91 Å². The minimum Gasteiger partial charge on any atom is -0.384 e. The van der Waals surface area contributed by atoms with E-state index >= 15 is 0 Å². The third-order valence-corrected chi connectivity index (χ3v) is 6.21. The van der Waals surface area contributed by atoms with Crippen LogP contribution in [0, 0.1) is 11.3 Å². The highest BCUT2D eigenvalue weighted by atomic mass is 16.5. The van der Waals surface area contributed by atoms with Gasteiger partial charge in [0.25, 0.3) is 0 Å². The van der Waals surface area contributed by atoms with E-state index in [0.717, 1.165) is 51.9 Å². The summed E-state index contributed by atoms with van der Waals surface area (Å²) in [5, 5.41) is 3.38. The lowest BCUT2D eigenvalue weighted by atomic mass is 9.75. The average Bonchev–Trinajstić information content (AvgIpc) is 2.68. The number of benzene rings is 1. The molecule has 4 heteroatoms. The summed E-state index contributed by atoms with van der Waals surface area (Å²) in [6.45, 7) is 6.37. The molecule has 0 bridgehead atoms. The SMILES string of the molecule is CCC1CN(C(=O)C2(COC)CCNCC2)CCC1c1ccccc1. The Labute approximate surface area is 151 Å². The molecule has 1 aromatic rings. The third-order valence-electron chi connectivity index (χ3n) is 6.21. The van der Waals surface area contributed by atoms with Crippen molar-refractivity contribution in [2.24, 2.45) is 11.3 Å². The normalized spacial score (nSPS) is 26.4. The zero-order valence-corrected chi connectivity index (χ0v) is 15.7. The second-order valence-electron chi connectivity index (χ2n) is 7.69. The monoisotopic (exact) mass is 344 g/mol. The number of ether oxygens (including phenoxy) is 1. The second-order valence-corrected chi connectivity index (χ2v) is 7.69. The van der Waals surface area contributed by atoms with E-state index in [1.165, 1.54) is 5.56 Å². The fraction of sp³-hybridized carbons (Fsp3) is 0.667. The molecule has 2 atom stereocenters. The van der Waals surface area contributed by atoms with Gasteiger partial charge in [0.05, 0.1) is 12.0 Å². The number of amides is 1. The van der Waals surface area contributed by atoms with E-state index in [2.05, 4.69) is 47.5 Å². The highest BCUT2D eigenvalue weighted by Crippen LogP contribution is 2.38. The molecule has 138 valence electrons. The zero-order valence-electron chi connectivity index (χ0n) is 15.7. The smallest absolute Gasteiger partial charge is 0.231 e. The molecule has 0 radical (unpaired) electrons. The van der Waals surface area contributed by atoms with Gasteiger partial charge >= 0.3 is 0 Å². The van der Waals surface area contributed by atoms with Gasteiger partial charge in [-0.15, -0.1) is 0 Å². The van der Waals surface area contributed by atoms with Crippen LogP contribution < -0.4 is 5.32 Å². The van der Waals surface area contributed by atoms with Gasteiger partial charge in [0.2, 0.25) is 5.91 Å². The van der Waals surface area contributed by atoms with E-state index < -0.39 is 0 Å². The Morgan fingerprint density at radius 2 is 2.00 bits per heavy atom. The zero-order chi connectivity index (χ0) is 17.7. The summed E-state index contributed by atoms with van der Waals surface area (Å²) < 4.78 is 5.46. The summed E-state index contributed by atoms with van der Waals surface area (Å²) in [6.07, 6.45) is 3.95. The number of rotatable bonds is 5. The number of nitrogens with one attached hydrogen (secondary N) is 1. The highest BCUT2D eigenvalue weighted by Gasteiger charge is 2.44. The minimum absolute atomic E-state index is 0.320. The van der Waals surface area contributed by atoms with Gasteiger partial charge in [0.15, 0.2) is 0 Å². The Bertz CT molecular complexity index is 549. The van der Waals surface area contributed by atoms with Crippen molar-refractivity contribution in [1.82, 2.24) is 10.2 Å². The summed E-state index contributed by atoms with van der Waals surface area (Å²) in [5.41, 5.74) is 1.10. The first-order valence-electron chi connectivity index (χ1n) is 9.74. The molecule has 2 fully saturated rings. The molecular formula is C21H32N2O2. The largest absolute Gasteiger partial charge is 0.384 e. The van der Waals surface area contributed by atoms with Crippen LogP contribution in [0.15, 0.2) is 30.3 Å². The van der Waals surface area contributed by atoms with Crippen molar-refractivity contribution in [2.45, 2.75) is 38.5 Å². The van der Waals surface area contributed by atoms with Crippen LogP contribution in [0.25, 0.3) is 0 Å². The van der Waals surface area contributed by atoms with Crippen LogP contribution in [-0.4, -0.2) is 50.7 Å². The highest BCUT2D eigenvalue weighted by molar-refractivity contribution is 5.83. The maximum absolute atomic E-state index is 13.4. The maximum atomic E-state index is 13.4. The molecule has 1 amide bonds. The van der Waals surface area contributed by atoms with Crippen molar-refractivity contribution in [3.63, 3.8) is 0 Å². The number of carbonyl (C=O) groups excluding carboxylic acids is 1. The van der Waals surface area contributed by atoms with E-state index in [1.54, 1.807) is 7.11 Å². The Hall–Kier alpha value is -1.39. The van der Waals surface area contributed by atoms with Crippen LogP contribution in [0.3, 0.4) is 0 Å². The van der Waals surface area contributed by atoms with Gasteiger partial charge < -0.3 is 15.0 Å². The second kappa shape index (κ2) is 8.33. The van der Waals surface area contributed by atoms with Gasteiger partial charge in [-0.05, 0) is 49.8 Å². The first-order chi connectivity index (χ1) is 12.2. The van der Waals surface area contributed by atoms with Crippen molar-refractivity contribution in [2.75, 3.05) is 39.9 Å². The van der Waals surface area contributed by atoms with Crippen molar-refractivity contribution in [1.29, 1.82) is 0 Å². The van der Waals surface area contributed by atoms with Gasteiger partial charge in [0.1, 0.15) is 0 Å². The number of methoxy groups -OCH3 is 1. The molecule has 1 N–H and O–H groups in total. The minimum atomic E-state index is -0.322. The molecule has 2 saturated heterocycles. The summed E-state index contributed by atoms with van der Waals surface area (Å²) in [7, 11) is 1.72. The first kappa shape index (κ1) is 18.4. The van der Waals surface area contributed by atoms with Gasteiger partial charge in [-0.2, -0.15) is 0 Å². The Balaban J connectivity index is 1.72. The summed E-state index contributed by atoms with van der Waals surface area (Å²) >= 11 is 0. The molecule has 0 aliphatic carbocycles. The quantitative estimate of drug-likeness (QED) is 0.893. The molecule has 0 aromatic heterocycles. The number of carbonyl (C=O) groups is 1. The van der Waals surface area contributed by atoms with Crippen LogP contribution in [0.4, 0.5) is 0 Å². The molecule has 0 spiro atoms. The van der Waals surface area contributed by atoms with E-state index in [1.807, 2.05) is 0 Å². The predicted octanol–water partition coefficient (Wildman–Crippen LogP) is 3.04. The van der Waals surface area contributed by atoms with Crippen LogP contribution in [0.5, 0.6) is 0 Å². The third kappa shape index (κ3) is 3.90. The average molecular weight is 344 g/mol. The molecule has 3 rings (SSSR count). The maximum Gasteiger partial charge on any atom is 0.231 e. The first-order valence-corrected chi connectivity index (χ1v) is 9.74. The van der Waals surface area contributed by atoms with Gasteiger partial charge in [-0.25, -0.2) is 0 Å². The molecule has 2 heterocycles. The fourth-order valence-corrected chi connectivity index (χ4v) is 4.71. The molecule has 1 aromatic carbocycles. The van der Waals surface area contributed by atoms with Crippen LogP contribution in [0.2, 0.25) is 0 Å². The van der Waals surface area contributed by atoms with Crippen LogP contribution in [-0.2, 0) is 9.53 Å². The number of nitrogens with zero attached hydrogens (tertiary/aromatic N) is 1. The fourth-order valence-electron chi connectivity index (χ4n) is 4.71. The van der Waals surface area contributed by atoms with Gasteiger partial charge in [0, 0.05) is 20.2 Å². The standard InChI is InChI=1S/C21H32N2O2/c1-3-17-15-23(14-9-19(17)18-7-5-4-6-8-18)20(24)21(16-25-2)10-12-22-13-11-21/h4-8,17,19,22H,3,9-16H2,1-2H3. The molecular weight excluding hydrogens is 312 g/mol. The van der Waals surface area contributed by atoms with E-state index in [9.17, 15) is 4.79 Å². The lowest BCUT2D eigenvalue weighted by Crippen LogP contribution is -2.54. The lowest BCUT2D eigenvalue weighted by molar-refractivity contribution is -0.149. The van der Waals surface area contributed by atoms with Gasteiger partial charge in [-0.1, -0.05) is 43.7 Å². The number of likely N-dealkylation sites (tertiary alicyclic amines) is 1. The van der Waals surface area contributed by atoms with Crippen LogP contribution >= 0.6 is 0 Å². The van der Waals surface area contributed by atoms with E-state index in [4.69, 9.17) is 4.74 Å². The molecule has 2 aliphatic rings. The van der Waals surface area contributed by atoms with E-state index in [0.29, 0.717) is 24.3 Å². The lowest BCUT2D eigenvalue weighted by Gasteiger charge is -2.44. The molecule has 2 aliphatic heterocycles. The van der Waals surface area contributed by atoms with Crippen molar-refractivity contribution in [3.8, 4) is 0 Å². The number of hydrogen-bond donors (Lipinski definition) is 1. The van der Waals surface area contributed by atoms with Crippen LogP contribution in [0.1, 0.15) is 44.1 Å². The topological polar surface area (TPSA) is 41.6 Å². The molecule has 0 saturated carbocycles. The number of piperidine rings is 2. The molecule has 25 heavy (non-hydrogen) atoms. The van der Waals surface area contributed by atoms with Gasteiger partial charge in [-0.3, -0.25) is 4.79 Å². The predicted molar refractivity (Wildman–Crippen MR) is 101 cm³/mol. The Morgan fingerprint density at radius 3 is 2.64 bits per heavy atom. The van der Waals surface area contributed by atoms with Crippen molar-refractivity contribution in [3.05, 3.63) is 35.9 Å². The number of hydrogen-bond acceptors (Lipinski definition) is 3. The summed E-state index contributed by atoms with van der Waals surface area (Å²) in [5.74, 6) is 1.43. The summed E-state index contributed by atoms with van der Waals surface area (Å²) in [4.78, 5) is 15.5. The summed E-state index contributed by atoms with van der Waals surface area (Å²) in [6, 6.07) is 10.8.